The number of hydrogen-bond donors (Lipinski definition) is 1. The van der Waals surface area contributed by atoms with Crippen LogP contribution in [0.15, 0.2) is 24.3 Å². The van der Waals surface area contributed by atoms with E-state index in [1.54, 1.807) is 0 Å². The third-order valence-electron chi connectivity index (χ3n) is 3.64. The van der Waals surface area contributed by atoms with Crippen LogP contribution in [0.1, 0.15) is 58.1 Å². The lowest BCUT2D eigenvalue weighted by Crippen LogP contribution is -2.24. The van der Waals surface area contributed by atoms with Crippen molar-refractivity contribution in [1.29, 1.82) is 0 Å². The van der Waals surface area contributed by atoms with Gasteiger partial charge in [0.25, 0.3) is 0 Å². The zero-order valence-electron chi connectivity index (χ0n) is 11.9. The molecular formula is C16H26IN. The molecule has 1 aromatic carbocycles. The topological polar surface area (TPSA) is 12.0 Å². The van der Waals surface area contributed by atoms with Crippen LogP contribution in [0.25, 0.3) is 0 Å². The van der Waals surface area contributed by atoms with Crippen molar-refractivity contribution in [1.82, 2.24) is 5.32 Å². The Morgan fingerprint density at radius 3 is 2.17 bits per heavy atom. The van der Waals surface area contributed by atoms with Crippen LogP contribution in [-0.2, 0) is 0 Å². The highest BCUT2D eigenvalue weighted by molar-refractivity contribution is 14.1. The maximum absolute atomic E-state index is 3.70. The van der Waals surface area contributed by atoms with E-state index in [9.17, 15) is 0 Å². The van der Waals surface area contributed by atoms with Crippen molar-refractivity contribution in [2.75, 3.05) is 6.54 Å². The zero-order valence-corrected chi connectivity index (χ0v) is 14.0. The lowest BCUT2D eigenvalue weighted by atomic mass is 9.91. The van der Waals surface area contributed by atoms with E-state index >= 15 is 0 Å². The molecule has 0 aliphatic carbocycles. The Labute approximate surface area is 126 Å². The van der Waals surface area contributed by atoms with Crippen LogP contribution in [0.3, 0.4) is 0 Å². The zero-order chi connectivity index (χ0) is 13.4. The maximum atomic E-state index is 3.70. The largest absolute Gasteiger partial charge is 0.310 e. The SMILES string of the molecule is CCCNC(CC(CC)CC)c1ccc(I)cc1. The molecule has 1 aromatic rings. The van der Waals surface area contributed by atoms with Gasteiger partial charge in [0.05, 0.1) is 0 Å². The first-order valence-electron chi connectivity index (χ1n) is 7.20. The summed E-state index contributed by atoms with van der Waals surface area (Å²) in [6.07, 6.45) is 5.02. The standard InChI is InChI=1S/C16H26IN/c1-4-11-18-16(12-13(5-2)6-3)14-7-9-15(17)10-8-14/h7-10,13,16,18H,4-6,11-12H2,1-3H3. The van der Waals surface area contributed by atoms with Crippen molar-refractivity contribution in [3.63, 3.8) is 0 Å². The molecule has 1 atom stereocenters. The minimum absolute atomic E-state index is 0.520. The van der Waals surface area contributed by atoms with Crippen molar-refractivity contribution in [3.8, 4) is 0 Å². The van der Waals surface area contributed by atoms with Gasteiger partial charge in [-0.05, 0) is 65.6 Å². The van der Waals surface area contributed by atoms with Crippen molar-refractivity contribution < 1.29 is 0 Å². The molecule has 0 saturated carbocycles. The minimum atomic E-state index is 0.520. The summed E-state index contributed by atoms with van der Waals surface area (Å²) >= 11 is 2.37. The van der Waals surface area contributed by atoms with Crippen molar-refractivity contribution in [3.05, 3.63) is 33.4 Å². The third kappa shape index (κ3) is 5.27. The molecular weight excluding hydrogens is 333 g/mol. The van der Waals surface area contributed by atoms with E-state index in [1.165, 1.54) is 34.8 Å². The highest BCUT2D eigenvalue weighted by Gasteiger charge is 2.15. The predicted octanol–water partition coefficient (Wildman–Crippen LogP) is 5.16. The number of nitrogens with one attached hydrogen (secondary N) is 1. The summed E-state index contributed by atoms with van der Waals surface area (Å²) < 4.78 is 1.31. The Kier molecular flexibility index (Phi) is 7.91. The van der Waals surface area contributed by atoms with Gasteiger partial charge in [0.15, 0.2) is 0 Å². The Balaban J connectivity index is 2.73. The molecule has 0 heterocycles. The maximum Gasteiger partial charge on any atom is 0.0322 e. The average Bonchev–Trinajstić information content (AvgIpc) is 2.40. The number of halogens is 1. The van der Waals surface area contributed by atoms with E-state index in [2.05, 4.69) is 72.9 Å². The summed E-state index contributed by atoms with van der Waals surface area (Å²) in [5.41, 5.74) is 1.44. The second kappa shape index (κ2) is 8.92. The van der Waals surface area contributed by atoms with Crippen LogP contribution in [-0.4, -0.2) is 6.54 Å². The third-order valence-corrected chi connectivity index (χ3v) is 4.36. The predicted molar refractivity (Wildman–Crippen MR) is 88.9 cm³/mol. The van der Waals surface area contributed by atoms with Gasteiger partial charge in [-0.1, -0.05) is 45.7 Å². The summed E-state index contributed by atoms with van der Waals surface area (Å²) in [5.74, 6) is 0.832. The fourth-order valence-corrected chi connectivity index (χ4v) is 2.67. The van der Waals surface area contributed by atoms with Gasteiger partial charge in [-0.25, -0.2) is 0 Å². The smallest absolute Gasteiger partial charge is 0.0322 e. The van der Waals surface area contributed by atoms with Gasteiger partial charge < -0.3 is 5.32 Å². The summed E-state index contributed by atoms with van der Waals surface area (Å²) in [5, 5.41) is 3.70. The fraction of sp³-hybridized carbons (Fsp3) is 0.625. The van der Waals surface area contributed by atoms with Crippen LogP contribution < -0.4 is 5.32 Å². The summed E-state index contributed by atoms with van der Waals surface area (Å²) in [6, 6.07) is 9.49. The first kappa shape index (κ1) is 16.0. The van der Waals surface area contributed by atoms with Crippen LogP contribution in [0.5, 0.6) is 0 Å². The Morgan fingerprint density at radius 2 is 1.67 bits per heavy atom. The van der Waals surface area contributed by atoms with Gasteiger partial charge in [0.1, 0.15) is 0 Å². The molecule has 1 N–H and O–H groups in total. The molecule has 0 bridgehead atoms. The van der Waals surface area contributed by atoms with Gasteiger partial charge in [0.2, 0.25) is 0 Å². The second-order valence-corrected chi connectivity index (χ2v) is 6.22. The quantitative estimate of drug-likeness (QED) is 0.633. The normalized spacial score (nSPS) is 12.9. The minimum Gasteiger partial charge on any atom is -0.310 e. The van der Waals surface area contributed by atoms with Gasteiger partial charge in [0, 0.05) is 9.61 Å². The van der Waals surface area contributed by atoms with Crippen molar-refractivity contribution >= 4 is 22.6 Å². The van der Waals surface area contributed by atoms with Crippen LogP contribution in [0, 0.1) is 9.49 Å². The number of hydrogen-bond acceptors (Lipinski definition) is 1. The molecule has 0 aromatic heterocycles. The molecule has 1 rings (SSSR count). The number of rotatable bonds is 8. The van der Waals surface area contributed by atoms with Crippen LogP contribution in [0.4, 0.5) is 0 Å². The Hall–Kier alpha value is -0.0900. The summed E-state index contributed by atoms with van der Waals surface area (Å²) in [4.78, 5) is 0. The lowest BCUT2D eigenvalue weighted by molar-refractivity contribution is 0.371. The Morgan fingerprint density at radius 1 is 1.06 bits per heavy atom. The number of benzene rings is 1. The van der Waals surface area contributed by atoms with E-state index in [0.717, 1.165) is 12.5 Å². The van der Waals surface area contributed by atoms with Crippen LogP contribution in [0.2, 0.25) is 0 Å². The molecule has 0 fully saturated rings. The first-order valence-corrected chi connectivity index (χ1v) is 8.27. The molecule has 18 heavy (non-hydrogen) atoms. The molecule has 0 aliphatic heterocycles. The van der Waals surface area contributed by atoms with Gasteiger partial charge in [-0.15, -0.1) is 0 Å². The molecule has 0 spiro atoms. The molecule has 102 valence electrons. The highest BCUT2D eigenvalue weighted by Crippen LogP contribution is 2.25. The molecule has 1 nitrogen and oxygen atoms in total. The van der Waals surface area contributed by atoms with E-state index < -0.39 is 0 Å². The molecule has 0 saturated heterocycles. The fourth-order valence-electron chi connectivity index (χ4n) is 2.31. The summed E-state index contributed by atoms with van der Waals surface area (Å²) in [7, 11) is 0. The lowest BCUT2D eigenvalue weighted by Gasteiger charge is -2.23. The molecule has 0 radical (unpaired) electrons. The van der Waals surface area contributed by atoms with E-state index in [1.807, 2.05) is 0 Å². The monoisotopic (exact) mass is 359 g/mol. The molecule has 1 unspecified atom stereocenters. The van der Waals surface area contributed by atoms with Crippen molar-refractivity contribution in [2.45, 2.75) is 52.5 Å². The average molecular weight is 359 g/mol. The van der Waals surface area contributed by atoms with E-state index in [4.69, 9.17) is 0 Å². The first-order chi connectivity index (χ1) is 8.71. The molecule has 2 heteroatoms. The second-order valence-electron chi connectivity index (χ2n) is 4.98. The van der Waals surface area contributed by atoms with E-state index in [-0.39, 0.29) is 0 Å². The molecule has 0 amide bonds. The van der Waals surface area contributed by atoms with Gasteiger partial charge in [-0.3, -0.25) is 0 Å². The van der Waals surface area contributed by atoms with Gasteiger partial charge in [-0.2, -0.15) is 0 Å². The van der Waals surface area contributed by atoms with Gasteiger partial charge >= 0.3 is 0 Å². The highest BCUT2D eigenvalue weighted by atomic mass is 127. The Bertz CT molecular complexity index is 316. The molecule has 0 aliphatic rings. The summed E-state index contributed by atoms with van der Waals surface area (Å²) in [6.45, 7) is 7.95. The van der Waals surface area contributed by atoms with E-state index in [0.29, 0.717) is 6.04 Å². The van der Waals surface area contributed by atoms with Crippen LogP contribution >= 0.6 is 22.6 Å². The van der Waals surface area contributed by atoms with Crippen molar-refractivity contribution in [2.24, 2.45) is 5.92 Å².